The number of hydrogen-bond acceptors (Lipinski definition) is 1. The molecule has 0 heterocycles. The molecule has 0 saturated heterocycles. The molecule has 1 fully saturated rings. The van der Waals surface area contributed by atoms with Gasteiger partial charge >= 0.3 is 0 Å². The van der Waals surface area contributed by atoms with E-state index in [0.29, 0.717) is 6.42 Å². The first-order chi connectivity index (χ1) is 18.0. The molecule has 0 aliphatic heterocycles. The number of benzene rings is 2. The minimum absolute atomic E-state index is 0.0743. The fourth-order valence-corrected chi connectivity index (χ4v) is 5.78. The third-order valence-corrected chi connectivity index (χ3v) is 8.15. The second kappa shape index (κ2) is 16.1. The second-order valence-electron chi connectivity index (χ2n) is 11.2. The molecule has 3 heteroatoms. The normalized spacial score (nSPS) is 19.1. The molecule has 1 saturated carbocycles. The molecule has 2 aromatic rings. The van der Waals surface area contributed by atoms with Gasteiger partial charge < -0.3 is 4.74 Å². The Balaban J connectivity index is 1.43. The molecule has 1 nitrogen and oxygen atoms in total. The highest BCUT2D eigenvalue weighted by Gasteiger charge is 2.46. The standard InChI is InChI=1S/C34H50F2O/c1-3-5-7-9-11-13-15-28-16-18-30(19-17-28)33-25-22-31(27-34(33,35)36)29-20-23-32(24-21-29)37-26-14-12-10-8-6-4-2/h16-21,23-24,31,33H,3-15,22,25-27H2,1-2H3/t31-,33+/m0/s1. The van der Waals surface area contributed by atoms with Crippen molar-refractivity contribution >= 4 is 0 Å². The van der Waals surface area contributed by atoms with Crippen molar-refractivity contribution in [3.63, 3.8) is 0 Å². The summed E-state index contributed by atoms with van der Waals surface area (Å²) in [7, 11) is 0. The van der Waals surface area contributed by atoms with E-state index in [1.165, 1.54) is 76.2 Å². The van der Waals surface area contributed by atoms with Crippen molar-refractivity contribution in [2.45, 2.75) is 134 Å². The highest BCUT2D eigenvalue weighted by molar-refractivity contribution is 5.32. The Bertz CT molecular complexity index is 858. The van der Waals surface area contributed by atoms with Crippen LogP contribution >= 0.6 is 0 Å². The van der Waals surface area contributed by atoms with Gasteiger partial charge in [0.15, 0.2) is 0 Å². The molecule has 2 atom stereocenters. The van der Waals surface area contributed by atoms with Crippen LogP contribution in [-0.4, -0.2) is 12.5 Å². The Kier molecular flexibility index (Phi) is 12.9. The lowest BCUT2D eigenvalue weighted by atomic mass is 9.73. The molecule has 0 radical (unpaired) electrons. The molecule has 1 aliphatic carbocycles. The van der Waals surface area contributed by atoms with Crippen molar-refractivity contribution < 1.29 is 13.5 Å². The molecular weight excluding hydrogens is 462 g/mol. The third kappa shape index (κ3) is 10.1. The maximum atomic E-state index is 15.3. The Morgan fingerprint density at radius 3 is 1.86 bits per heavy atom. The largest absolute Gasteiger partial charge is 0.494 e. The van der Waals surface area contributed by atoms with E-state index in [-0.39, 0.29) is 12.3 Å². The number of hydrogen-bond donors (Lipinski definition) is 0. The van der Waals surface area contributed by atoms with Crippen LogP contribution in [-0.2, 0) is 6.42 Å². The molecule has 0 bridgehead atoms. The van der Waals surface area contributed by atoms with Gasteiger partial charge in [0.2, 0.25) is 0 Å². The first-order valence-electron chi connectivity index (χ1n) is 15.2. The first kappa shape index (κ1) is 29.7. The van der Waals surface area contributed by atoms with Crippen LogP contribution < -0.4 is 4.74 Å². The molecule has 0 spiro atoms. The van der Waals surface area contributed by atoms with Crippen LogP contribution in [0, 0.1) is 0 Å². The van der Waals surface area contributed by atoms with Gasteiger partial charge in [-0.05, 0) is 66.8 Å². The van der Waals surface area contributed by atoms with Gasteiger partial charge in [0.25, 0.3) is 5.92 Å². The minimum atomic E-state index is -2.68. The molecule has 3 rings (SSSR count). The Hall–Kier alpha value is -1.90. The lowest BCUT2D eigenvalue weighted by molar-refractivity contribution is -0.0615. The van der Waals surface area contributed by atoms with E-state index >= 15 is 8.78 Å². The molecular formula is C34H50F2O. The van der Waals surface area contributed by atoms with Crippen molar-refractivity contribution in [1.29, 1.82) is 0 Å². The van der Waals surface area contributed by atoms with E-state index in [2.05, 4.69) is 26.0 Å². The highest BCUT2D eigenvalue weighted by atomic mass is 19.3. The molecule has 206 valence electrons. The van der Waals surface area contributed by atoms with E-state index in [9.17, 15) is 0 Å². The van der Waals surface area contributed by atoms with E-state index in [1.54, 1.807) is 0 Å². The maximum absolute atomic E-state index is 15.3. The number of halogens is 2. The lowest BCUT2D eigenvalue weighted by Gasteiger charge is -2.36. The second-order valence-corrected chi connectivity index (χ2v) is 11.2. The average molecular weight is 513 g/mol. The SMILES string of the molecule is CCCCCCCCOc1ccc([C@H]2CC[C@H](c3ccc(CCCCCCCC)cc3)C(F)(F)C2)cc1. The van der Waals surface area contributed by atoms with Crippen LogP contribution in [0.4, 0.5) is 8.78 Å². The zero-order valence-electron chi connectivity index (χ0n) is 23.5. The number of ether oxygens (including phenoxy) is 1. The van der Waals surface area contributed by atoms with Crippen LogP contribution in [0.1, 0.15) is 139 Å². The molecule has 0 aromatic heterocycles. The summed E-state index contributed by atoms with van der Waals surface area (Å²) in [6.07, 6.45) is 17.4. The summed E-state index contributed by atoms with van der Waals surface area (Å²) in [5.74, 6) is -2.60. The van der Waals surface area contributed by atoms with E-state index in [1.807, 2.05) is 36.4 Å². The number of alkyl halides is 2. The van der Waals surface area contributed by atoms with Crippen LogP contribution in [0.3, 0.4) is 0 Å². The van der Waals surface area contributed by atoms with E-state index < -0.39 is 11.8 Å². The molecule has 0 amide bonds. The summed E-state index contributed by atoms with van der Waals surface area (Å²) >= 11 is 0. The van der Waals surface area contributed by atoms with Gasteiger partial charge in [0.1, 0.15) is 5.75 Å². The van der Waals surface area contributed by atoms with Crippen LogP contribution in [0.15, 0.2) is 48.5 Å². The number of aryl methyl sites for hydroxylation is 1. The zero-order chi connectivity index (χ0) is 26.3. The number of rotatable bonds is 17. The van der Waals surface area contributed by atoms with E-state index in [0.717, 1.165) is 42.7 Å². The fraction of sp³-hybridized carbons (Fsp3) is 0.647. The molecule has 2 aromatic carbocycles. The Morgan fingerprint density at radius 1 is 0.676 bits per heavy atom. The Labute approximate surface area is 225 Å². The van der Waals surface area contributed by atoms with Gasteiger partial charge in [-0.25, -0.2) is 8.78 Å². The Morgan fingerprint density at radius 2 is 1.24 bits per heavy atom. The van der Waals surface area contributed by atoms with Crippen LogP contribution in [0.2, 0.25) is 0 Å². The van der Waals surface area contributed by atoms with Crippen LogP contribution in [0.25, 0.3) is 0 Å². The van der Waals surface area contributed by atoms with Crippen molar-refractivity contribution in [2.75, 3.05) is 6.61 Å². The van der Waals surface area contributed by atoms with Gasteiger partial charge in [-0.2, -0.15) is 0 Å². The predicted molar refractivity (Wildman–Crippen MR) is 153 cm³/mol. The highest BCUT2D eigenvalue weighted by Crippen LogP contribution is 2.50. The predicted octanol–water partition coefficient (Wildman–Crippen LogP) is 11.0. The molecule has 0 N–H and O–H groups in total. The van der Waals surface area contributed by atoms with Crippen LogP contribution in [0.5, 0.6) is 5.75 Å². The van der Waals surface area contributed by atoms with Crippen molar-refractivity contribution in [1.82, 2.24) is 0 Å². The van der Waals surface area contributed by atoms with Crippen molar-refractivity contribution in [2.24, 2.45) is 0 Å². The summed E-state index contributed by atoms with van der Waals surface area (Å²) in [6, 6.07) is 16.0. The topological polar surface area (TPSA) is 9.23 Å². The van der Waals surface area contributed by atoms with Gasteiger partial charge in [0, 0.05) is 12.3 Å². The smallest absolute Gasteiger partial charge is 0.255 e. The summed E-state index contributed by atoms with van der Waals surface area (Å²) in [6.45, 7) is 5.20. The zero-order valence-corrected chi connectivity index (χ0v) is 23.5. The number of unbranched alkanes of at least 4 members (excludes halogenated alkanes) is 10. The molecule has 37 heavy (non-hydrogen) atoms. The molecule has 1 aliphatic rings. The summed E-state index contributed by atoms with van der Waals surface area (Å²) in [4.78, 5) is 0. The van der Waals surface area contributed by atoms with Gasteiger partial charge in [-0.15, -0.1) is 0 Å². The van der Waals surface area contributed by atoms with Crippen molar-refractivity contribution in [3.8, 4) is 5.75 Å². The summed E-state index contributed by atoms with van der Waals surface area (Å²) in [5.41, 5.74) is 3.09. The quantitative estimate of drug-likeness (QED) is 0.191. The van der Waals surface area contributed by atoms with Gasteiger partial charge in [0.05, 0.1) is 6.61 Å². The first-order valence-corrected chi connectivity index (χ1v) is 15.2. The van der Waals surface area contributed by atoms with Crippen molar-refractivity contribution in [3.05, 3.63) is 65.2 Å². The lowest BCUT2D eigenvalue weighted by Crippen LogP contribution is -2.33. The summed E-state index contributed by atoms with van der Waals surface area (Å²) in [5, 5.41) is 0. The average Bonchev–Trinajstić information content (AvgIpc) is 2.90. The molecule has 0 unspecified atom stereocenters. The van der Waals surface area contributed by atoms with Gasteiger partial charge in [-0.1, -0.05) is 114 Å². The van der Waals surface area contributed by atoms with E-state index in [4.69, 9.17) is 4.74 Å². The monoisotopic (exact) mass is 512 g/mol. The minimum Gasteiger partial charge on any atom is -0.494 e. The third-order valence-electron chi connectivity index (χ3n) is 8.15. The maximum Gasteiger partial charge on any atom is 0.255 e. The summed E-state index contributed by atoms with van der Waals surface area (Å²) < 4.78 is 36.5. The van der Waals surface area contributed by atoms with Gasteiger partial charge in [-0.3, -0.25) is 0 Å². The fourth-order valence-electron chi connectivity index (χ4n) is 5.78.